The summed E-state index contributed by atoms with van der Waals surface area (Å²) in [5, 5.41) is 16.8. The summed E-state index contributed by atoms with van der Waals surface area (Å²) in [5.74, 6) is -3.50. The Morgan fingerprint density at radius 1 is 1.09 bits per heavy atom. The maximum Gasteiger partial charge on any atom is 0.326 e. The molecular weight excluding hydrogens is 486 g/mol. The van der Waals surface area contributed by atoms with Crippen molar-refractivity contribution in [2.45, 2.75) is 49.9 Å². The Kier molecular flexibility index (Phi) is 13.1. The number of nitrogens with two attached hydrogens (primary N) is 2. The van der Waals surface area contributed by atoms with Gasteiger partial charge in [0.1, 0.15) is 18.1 Å². The first-order chi connectivity index (χ1) is 16.1. The SMILES string of the molecule is CSCCC(NC(=O)C(Cc1cnc[nH]1)NC(=O)C(N)CS)C(=O)NC(CCC(N)=O)C(=O)O. The summed E-state index contributed by atoms with van der Waals surface area (Å²) >= 11 is 5.41. The Labute approximate surface area is 206 Å². The van der Waals surface area contributed by atoms with Crippen LogP contribution in [0.15, 0.2) is 12.5 Å². The van der Waals surface area contributed by atoms with Crippen molar-refractivity contribution in [1.82, 2.24) is 25.9 Å². The predicted octanol–water partition coefficient (Wildman–Crippen LogP) is -2.23. The number of nitrogens with one attached hydrogen (secondary N) is 4. The highest BCUT2D eigenvalue weighted by Gasteiger charge is 2.30. The number of primary amides is 1. The molecule has 0 saturated heterocycles. The Morgan fingerprint density at radius 3 is 2.24 bits per heavy atom. The van der Waals surface area contributed by atoms with E-state index < -0.39 is 53.8 Å². The van der Waals surface area contributed by atoms with Crippen LogP contribution in [0.1, 0.15) is 25.0 Å². The molecule has 1 heterocycles. The summed E-state index contributed by atoms with van der Waals surface area (Å²) in [6.45, 7) is 0. The van der Waals surface area contributed by atoms with E-state index in [1.54, 1.807) is 0 Å². The lowest BCUT2D eigenvalue weighted by atomic mass is 10.1. The first kappa shape index (κ1) is 29.3. The van der Waals surface area contributed by atoms with Gasteiger partial charge in [-0.25, -0.2) is 9.78 Å². The Hall–Kier alpha value is -2.78. The summed E-state index contributed by atoms with van der Waals surface area (Å²) < 4.78 is 0. The van der Waals surface area contributed by atoms with Crippen molar-refractivity contribution in [1.29, 1.82) is 0 Å². The van der Waals surface area contributed by atoms with Crippen LogP contribution in [0.3, 0.4) is 0 Å². The summed E-state index contributed by atoms with van der Waals surface area (Å²) in [6, 6.07) is -4.48. The van der Waals surface area contributed by atoms with Gasteiger partial charge >= 0.3 is 5.97 Å². The van der Waals surface area contributed by atoms with Gasteiger partial charge < -0.3 is 37.5 Å². The normalized spacial score (nSPS) is 14.3. The molecule has 1 aromatic heterocycles. The van der Waals surface area contributed by atoms with E-state index in [9.17, 15) is 29.1 Å². The largest absolute Gasteiger partial charge is 0.480 e. The number of aromatic amines is 1. The predicted molar refractivity (Wildman–Crippen MR) is 129 cm³/mol. The number of nitrogens with zero attached hydrogens (tertiary/aromatic N) is 1. The maximum absolute atomic E-state index is 13.0. The zero-order valence-electron chi connectivity index (χ0n) is 18.7. The second-order valence-corrected chi connectivity index (χ2v) is 8.73. The summed E-state index contributed by atoms with van der Waals surface area (Å²) in [6.07, 6.45) is 4.52. The quantitative estimate of drug-likeness (QED) is 0.111. The van der Waals surface area contributed by atoms with Crippen LogP contribution in [0, 0.1) is 0 Å². The fourth-order valence-electron chi connectivity index (χ4n) is 2.78. The third kappa shape index (κ3) is 10.4. The van der Waals surface area contributed by atoms with Gasteiger partial charge in [0, 0.05) is 30.5 Å². The fourth-order valence-corrected chi connectivity index (χ4v) is 3.42. The average Bonchev–Trinajstić information content (AvgIpc) is 3.30. The maximum atomic E-state index is 13.0. The van der Waals surface area contributed by atoms with Crippen LogP contribution in [0.4, 0.5) is 0 Å². The highest BCUT2D eigenvalue weighted by atomic mass is 32.2. The van der Waals surface area contributed by atoms with Gasteiger partial charge in [0.25, 0.3) is 0 Å². The molecule has 1 rings (SSSR count). The molecule has 0 spiro atoms. The highest BCUT2D eigenvalue weighted by molar-refractivity contribution is 7.98. The van der Waals surface area contributed by atoms with Gasteiger partial charge in [-0.3, -0.25) is 19.2 Å². The second kappa shape index (κ2) is 15.2. The van der Waals surface area contributed by atoms with E-state index >= 15 is 0 Å². The van der Waals surface area contributed by atoms with Gasteiger partial charge in [-0.1, -0.05) is 0 Å². The van der Waals surface area contributed by atoms with Crippen molar-refractivity contribution in [3.8, 4) is 0 Å². The molecule has 13 nitrogen and oxygen atoms in total. The molecule has 0 radical (unpaired) electrons. The minimum absolute atomic E-state index is 0.0457. The molecule has 4 amide bonds. The van der Waals surface area contributed by atoms with Gasteiger partial charge in [0.2, 0.25) is 23.6 Å². The number of hydrogen-bond donors (Lipinski definition) is 8. The van der Waals surface area contributed by atoms with Crippen LogP contribution in [-0.2, 0) is 30.4 Å². The van der Waals surface area contributed by atoms with Crippen LogP contribution >= 0.6 is 24.4 Å². The Morgan fingerprint density at radius 2 is 1.71 bits per heavy atom. The van der Waals surface area contributed by atoms with E-state index in [0.29, 0.717) is 11.4 Å². The number of thiol groups is 1. The zero-order chi connectivity index (χ0) is 25.7. The number of imidazole rings is 1. The van der Waals surface area contributed by atoms with E-state index in [2.05, 4.69) is 38.5 Å². The summed E-state index contributed by atoms with van der Waals surface area (Å²) in [4.78, 5) is 67.3. The lowest BCUT2D eigenvalue weighted by molar-refractivity contribution is -0.142. The molecule has 4 unspecified atom stereocenters. The van der Waals surface area contributed by atoms with E-state index in [4.69, 9.17) is 11.5 Å². The number of amides is 4. The van der Waals surface area contributed by atoms with E-state index in [-0.39, 0.29) is 31.4 Å². The molecule has 0 bridgehead atoms. The van der Waals surface area contributed by atoms with Crippen LogP contribution in [0.25, 0.3) is 0 Å². The molecule has 0 aromatic carbocycles. The molecule has 0 saturated carbocycles. The zero-order valence-corrected chi connectivity index (χ0v) is 20.4. The van der Waals surface area contributed by atoms with Crippen molar-refractivity contribution >= 4 is 54.0 Å². The molecular formula is C19H31N7O6S2. The molecule has 9 N–H and O–H groups in total. The number of carbonyl (C=O) groups is 5. The monoisotopic (exact) mass is 517 g/mol. The smallest absolute Gasteiger partial charge is 0.326 e. The van der Waals surface area contributed by atoms with Gasteiger partial charge in [-0.2, -0.15) is 24.4 Å². The fraction of sp³-hybridized carbons (Fsp3) is 0.579. The van der Waals surface area contributed by atoms with Crippen LogP contribution < -0.4 is 27.4 Å². The summed E-state index contributed by atoms with van der Waals surface area (Å²) in [7, 11) is 0. The van der Waals surface area contributed by atoms with E-state index in [1.165, 1.54) is 24.3 Å². The minimum atomic E-state index is -1.36. The van der Waals surface area contributed by atoms with Crippen LogP contribution in [-0.4, -0.2) is 86.6 Å². The Bertz CT molecular complexity index is 839. The third-order valence-electron chi connectivity index (χ3n) is 4.68. The highest BCUT2D eigenvalue weighted by Crippen LogP contribution is 2.06. The first-order valence-electron chi connectivity index (χ1n) is 10.3. The number of rotatable bonds is 16. The molecule has 34 heavy (non-hydrogen) atoms. The number of carboxylic acid groups (broad SMARTS) is 1. The molecule has 1 aromatic rings. The molecule has 0 aliphatic rings. The molecule has 4 atom stereocenters. The van der Waals surface area contributed by atoms with Crippen LogP contribution in [0.5, 0.6) is 0 Å². The van der Waals surface area contributed by atoms with Crippen molar-refractivity contribution in [2.24, 2.45) is 11.5 Å². The van der Waals surface area contributed by atoms with Gasteiger partial charge in [-0.05, 0) is 24.9 Å². The van der Waals surface area contributed by atoms with Crippen molar-refractivity contribution in [3.05, 3.63) is 18.2 Å². The number of thioether (sulfide) groups is 1. The second-order valence-electron chi connectivity index (χ2n) is 7.38. The molecule has 190 valence electrons. The first-order valence-corrected chi connectivity index (χ1v) is 12.4. The van der Waals surface area contributed by atoms with Gasteiger partial charge in [0.05, 0.1) is 12.4 Å². The summed E-state index contributed by atoms with van der Waals surface area (Å²) in [5.41, 5.74) is 11.3. The molecule has 0 aliphatic heterocycles. The number of aromatic nitrogens is 2. The van der Waals surface area contributed by atoms with Crippen molar-refractivity contribution < 1.29 is 29.1 Å². The van der Waals surface area contributed by atoms with E-state index in [0.717, 1.165) is 0 Å². The number of aliphatic carboxylic acids is 1. The van der Waals surface area contributed by atoms with Crippen LogP contribution in [0.2, 0.25) is 0 Å². The number of H-pyrrole nitrogens is 1. The minimum Gasteiger partial charge on any atom is -0.480 e. The standard InChI is InChI=1S/C19H31N7O6S2/c1-34-5-4-12(17(29)25-13(19(31)32)2-3-15(21)27)24-18(30)14(6-10-7-22-9-23-10)26-16(28)11(20)8-33/h7,9,11-14,33H,2-6,8,20H2,1H3,(H2,21,27)(H,22,23)(H,24,30)(H,25,29)(H,26,28)(H,31,32). The number of carboxylic acids is 1. The van der Waals surface area contributed by atoms with Gasteiger partial charge in [0.15, 0.2) is 0 Å². The van der Waals surface area contributed by atoms with Gasteiger partial charge in [-0.15, -0.1) is 0 Å². The Balaban J connectivity index is 2.99. The number of carbonyl (C=O) groups excluding carboxylic acids is 4. The average molecular weight is 518 g/mol. The topological polar surface area (TPSA) is 222 Å². The molecule has 0 aliphatic carbocycles. The molecule has 15 heteroatoms. The van der Waals surface area contributed by atoms with Crippen molar-refractivity contribution in [2.75, 3.05) is 17.8 Å². The lowest BCUT2D eigenvalue weighted by Crippen LogP contribution is -2.58. The lowest BCUT2D eigenvalue weighted by Gasteiger charge is -2.25. The third-order valence-corrected chi connectivity index (χ3v) is 5.72. The van der Waals surface area contributed by atoms with Crippen molar-refractivity contribution in [3.63, 3.8) is 0 Å². The number of hydrogen-bond acceptors (Lipinski definition) is 9. The van der Waals surface area contributed by atoms with E-state index in [1.807, 2.05) is 6.26 Å². The molecule has 0 fully saturated rings.